The van der Waals surface area contributed by atoms with Gasteiger partial charge in [-0.3, -0.25) is 9.59 Å². The number of hydrogen-bond acceptors (Lipinski definition) is 6. The van der Waals surface area contributed by atoms with Crippen LogP contribution in [0.15, 0.2) is 34.9 Å². The fourth-order valence-electron chi connectivity index (χ4n) is 4.79. The molecule has 7 heteroatoms. The first kappa shape index (κ1) is 19.6. The summed E-state index contributed by atoms with van der Waals surface area (Å²) in [6.45, 7) is 4.58. The van der Waals surface area contributed by atoms with Gasteiger partial charge in [0.05, 0.1) is 16.6 Å². The van der Waals surface area contributed by atoms with Gasteiger partial charge in [-0.05, 0) is 31.2 Å². The first-order chi connectivity index (χ1) is 15.0. The average Bonchev–Trinajstić information content (AvgIpc) is 3.20. The molecule has 0 bridgehead atoms. The Morgan fingerprint density at radius 1 is 1.32 bits per heavy atom. The number of hydrogen-bond donors (Lipinski definition) is 2. The van der Waals surface area contributed by atoms with Gasteiger partial charge in [-0.25, -0.2) is 0 Å². The van der Waals surface area contributed by atoms with E-state index in [1.54, 1.807) is 0 Å². The van der Waals surface area contributed by atoms with E-state index in [0.29, 0.717) is 35.8 Å². The molecular weight excluding hydrogens is 394 g/mol. The second-order valence-electron chi connectivity index (χ2n) is 8.55. The molecule has 2 heterocycles. The molecule has 0 amide bonds. The Balaban J connectivity index is 1.65. The average molecular weight is 419 g/mol. The molecule has 1 atom stereocenters. The number of nitrogens with one attached hydrogen (secondary N) is 1. The number of aromatic nitrogens is 1. The van der Waals surface area contributed by atoms with Crippen molar-refractivity contribution < 1.29 is 19.2 Å². The highest BCUT2D eigenvalue weighted by atomic mass is 16.5. The number of aliphatic carboxylic acids is 1. The number of carbonyl (C=O) groups excluding carboxylic acids is 1. The zero-order valence-electron chi connectivity index (χ0n) is 17.5. The van der Waals surface area contributed by atoms with Crippen LogP contribution in [0.5, 0.6) is 0 Å². The SMILES string of the molecule is C[C@@H]1CCCN(c2cc(NCCCC(=O)O)c3c4c(onc24)-c2ccccc2C3=O)C1. The highest BCUT2D eigenvalue weighted by Crippen LogP contribution is 2.46. The third kappa shape index (κ3) is 3.34. The van der Waals surface area contributed by atoms with Crippen LogP contribution >= 0.6 is 0 Å². The molecule has 0 saturated carbocycles. The van der Waals surface area contributed by atoms with E-state index >= 15 is 0 Å². The van der Waals surface area contributed by atoms with Crippen LogP contribution in [0.2, 0.25) is 0 Å². The molecule has 0 radical (unpaired) electrons. The Labute approximate surface area is 180 Å². The Morgan fingerprint density at radius 2 is 2.13 bits per heavy atom. The minimum Gasteiger partial charge on any atom is -0.481 e. The van der Waals surface area contributed by atoms with E-state index < -0.39 is 5.97 Å². The number of fused-ring (bicyclic) bond motifs is 2. The predicted molar refractivity (Wildman–Crippen MR) is 119 cm³/mol. The first-order valence-corrected chi connectivity index (χ1v) is 10.9. The maximum absolute atomic E-state index is 13.5. The second kappa shape index (κ2) is 7.72. The van der Waals surface area contributed by atoms with Crippen LogP contribution in [0.3, 0.4) is 0 Å². The summed E-state index contributed by atoms with van der Waals surface area (Å²) in [6.07, 6.45) is 2.87. The highest BCUT2D eigenvalue weighted by Gasteiger charge is 2.34. The number of benzene rings is 2. The quantitative estimate of drug-likeness (QED) is 0.443. The van der Waals surface area contributed by atoms with Gasteiger partial charge in [-0.15, -0.1) is 0 Å². The van der Waals surface area contributed by atoms with Crippen molar-refractivity contribution in [3.8, 4) is 11.3 Å². The summed E-state index contributed by atoms with van der Waals surface area (Å²) < 4.78 is 5.81. The van der Waals surface area contributed by atoms with Gasteiger partial charge in [0.1, 0.15) is 5.52 Å². The first-order valence-electron chi connectivity index (χ1n) is 10.9. The fraction of sp³-hybridized carbons (Fsp3) is 0.375. The van der Waals surface area contributed by atoms with Crippen molar-refractivity contribution in [1.82, 2.24) is 5.16 Å². The predicted octanol–water partition coefficient (Wildman–Crippen LogP) is 4.55. The Hall–Kier alpha value is -3.35. The monoisotopic (exact) mass is 419 g/mol. The molecule has 0 spiro atoms. The molecule has 1 fully saturated rings. The molecule has 2 N–H and O–H groups in total. The molecule has 2 aliphatic rings. The molecule has 1 aliphatic carbocycles. The van der Waals surface area contributed by atoms with Crippen LogP contribution in [-0.4, -0.2) is 41.7 Å². The standard InChI is InChI=1S/C24H25N3O4/c1-14-6-5-11-27(13-14)18-12-17(25-10-4-9-19(28)29)20-21-22(18)26-31-24(21)16-8-3-2-7-15(16)23(20)30/h2-3,7-8,12,14,25H,4-6,9-11,13H2,1H3,(H,28,29)/t14-/m1/s1. The van der Waals surface area contributed by atoms with E-state index in [9.17, 15) is 9.59 Å². The fourth-order valence-corrected chi connectivity index (χ4v) is 4.79. The van der Waals surface area contributed by atoms with Gasteiger partial charge >= 0.3 is 5.97 Å². The number of carboxylic acids is 1. The molecular formula is C24H25N3O4. The highest BCUT2D eigenvalue weighted by molar-refractivity contribution is 6.28. The van der Waals surface area contributed by atoms with Crippen molar-refractivity contribution in [2.75, 3.05) is 29.9 Å². The molecule has 1 aromatic heterocycles. The smallest absolute Gasteiger partial charge is 0.303 e. The lowest BCUT2D eigenvalue weighted by Gasteiger charge is -2.33. The van der Waals surface area contributed by atoms with Crippen molar-refractivity contribution in [2.45, 2.75) is 32.6 Å². The lowest BCUT2D eigenvalue weighted by molar-refractivity contribution is -0.137. The van der Waals surface area contributed by atoms with Crippen LogP contribution in [-0.2, 0) is 4.79 Å². The lowest BCUT2D eigenvalue weighted by Crippen LogP contribution is -2.34. The number of nitrogens with zero attached hydrogens (tertiary/aromatic N) is 2. The van der Waals surface area contributed by atoms with Gasteiger partial charge in [0.2, 0.25) is 0 Å². The summed E-state index contributed by atoms with van der Waals surface area (Å²) in [5.41, 5.74) is 4.33. The Kier molecular flexibility index (Phi) is 4.88. The van der Waals surface area contributed by atoms with Crippen LogP contribution in [0.1, 0.15) is 48.5 Å². The normalized spacial score (nSPS) is 17.6. The summed E-state index contributed by atoms with van der Waals surface area (Å²) in [5.74, 6) is 0.321. The largest absolute Gasteiger partial charge is 0.481 e. The van der Waals surface area contributed by atoms with Crippen molar-refractivity contribution in [3.05, 3.63) is 41.5 Å². The number of anilines is 2. The van der Waals surface area contributed by atoms with Crippen molar-refractivity contribution in [1.29, 1.82) is 0 Å². The molecule has 1 saturated heterocycles. The van der Waals surface area contributed by atoms with E-state index in [-0.39, 0.29) is 12.2 Å². The molecule has 5 rings (SSSR count). The summed E-state index contributed by atoms with van der Waals surface area (Å²) in [4.78, 5) is 26.7. The van der Waals surface area contributed by atoms with Crippen molar-refractivity contribution in [3.63, 3.8) is 0 Å². The minimum atomic E-state index is -0.826. The topological polar surface area (TPSA) is 95.7 Å². The molecule has 7 nitrogen and oxygen atoms in total. The number of rotatable bonds is 6. The zero-order valence-corrected chi connectivity index (χ0v) is 17.5. The van der Waals surface area contributed by atoms with E-state index in [2.05, 4.69) is 22.3 Å². The van der Waals surface area contributed by atoms with Crippen LogP contribution in [0.25, 0.3) is 22.2 Å². The van der Waals surface area contributed by atoms with Gasteiger partial charge < -0.3 is 19.8 Å². The third-order valence-electron chi connectivity index (χ3n) is 6.26. The maximum Gasteiger partial charge on any atom is 0.303 e. The summed E-state index contributed by atoms with van der Waals surface area (Å²) in [7, 11) is 0. The maximum atomic E-state index is 13.5. The van der Waals surface area contributed by atoms with Gasteiger partial charge in [-0.1, -0.05) is 36.3 Å². The zero-order chi connectivity index (χ0) is 21.5. The molecule has 0 unspecified atom stereocenters. The number of ketones is 1. The second-order valence-corrected chi connectivity index (χ2v) is 8.55. The molecule has 3 aromatic rings. The van der Waals surface area contributed by atoms with Crippen molar-refractivity contribution >= 4 is 34.0 Å². The minimum absolute atomic E-state index is 0.0596. The molecule has 2 aromatic carbocycles. The summed E-state index contributed by atoms with van der Waals surface area (Å²) >= 11 is 0. The number of piperidine rings is 1. The van der Waals surface area contributed by atoms with Crippen molar-refractivity contribution in [2.24, 2.45) is 5.92 Å². The molecule has 31 heavy (non-hydrogen) atoms. The molecule has 1 aliphatic heterocycles. The Morgan fingerprint density at radius 3 is 2.90 bits per heavy atom. The van der Waals surface area contributed by atoms with E-state index in [1.165, 1.54) is 6.42 Å². The van der Waals surface area contributed by atoms with Crippen LogP contribution in [0.4, 0.5) is 11.4 Å². The lowest BCUT2D eigenvalue weighted by atomic mass is 9.86. The molecule has 160 valence electrons. The van der Waals surface area contributed by atoms with E-state index in [0.717, 1.165) is 47.4 Å². The van der Waals surface area contributed by atoms with Gasteiger partial charge in [0.15, 0.2) is 11.5 Å². The summed E-state index contributed by atoms with van der Waals surface area (Å²) in [6, 6.07) is 9.44. The van der Waals surface area contributed by atoms with Gasteiger partial charge in [0.25, 0.3) is 0 Å². The van der Waals surface area contributed by atoms with Crippen LogP contribution in [0, 0.1) is 5.92 Å². The van der Waals surface area contributed by atoms with Gasteiger partial charge in [-0.2, -0.15) is 0 Å². The van der Waals surface area contributed by atoms with E-state index in [1.807, 2.05) is 30.3 Å². The Bertz CT molecular complexity index is 1180. The van der Waals surface area contributed by atoms with Crippen LogP contribution < -0.4 is 10.2 Å². The number of carbonyl (C=O) groups is 2. The number of carboxylic acid groups (broad SMARTS) is 1. The van der Waals surface area contributed by atoms with E-state index in [4.69, 9.17) is 9.63 Å². The third-order valence-corrected chi connectivity index (χ3v) is 6.26. The summed E-state index contributed by atoms with van der Waals surface area (Å²) in [5, 5.41) is 17.4. The van der Waals surface area contributed by atoms with Gasteiger partial charge in [0, 0.05) is 42.9 Å².